The maximum absolute atomic E-state index is 12.0. The Morgan fingerprint density at radius 3 is 2.50 bits per heavy atom. The molecular weight excluding hydrogens is 286 g/mol. The van der Waals surface area contributed by atoms with E-state index in [0.29, 0.717) is 11.1 Å². The lowest BCUT2D eigenvalue weighted by atomic mass is 9.84. The summed E-state index contributed by atoms with van der Waals surface area (Å²) in [4.78, 5) is 33.5. The number of hydrogen-bond donors (Lipinski definition) is 0. The van der Waals surface area contributed by atoms with Gasteiger partial charge in [-0.05, 0) is 17.2 Å². The van der Waals surface area contributed by atoms with Gasteiger partial charge < -0.3 is 4.74 Å². The van der Waals surface area contributed by atoms with E-state index in [2.05, 4.69) is 6.58 Å². The first-order valence-corrected chi connectivity index (χ1v) is 6.79. The number of nitro groups is 1. The van der Waals surface area contributed by atoms with Crippen molar-refractivity contribution >= 4 is 17.4 Å². The van der Waals surface area contributed by atoms with Crippen molar-refractivity contribution in [1.29, 1.82) is 0 Å². The third kappa shape index (κ3) is 3.11. The minimum Gasteiger partial charge on any atom is -0.454 e. The Morgan fingerprint density at radius 2 is 2.05 bits per heavy atom. The number of cyclic esters (lactones) is 1. The van der Waals surface area contributed by atoms with Crippen LogP contribution < -0.4 is 0 Å². The Kier molecular flexibility index (Phi) is 4.50. The van der Waals surface area contributed by atoms with E-state index < -0.39 is 22.9 Å². The predicted molar refractivity (Wildman–Crippen MR) is 79.3 cm³/mol. The number of esters is 1. The van der Waals surface area contributed by atoms with Gasteiger partial charge in [0.05, 0.1) is 10.8 Å². The number of ketones is 1. The van der Waals surface area contributed by atoms with E-state index in [-0.39, 0.29) is 17.9 Å². The van der Waals surface area contributed by atoms with Gasteiger partial charge in [0.2, 0.25) is 0 Å². The van der Waals surface area contributed by atoms with Crippen LogP contribution in [0.5, 0.6) is 0 Å². The van der Waals surface area contributed by atoms with Crippen molar-refractivity contribution in [3.63, 3.8) is 0 Å². The normalized spacial score (nSPS) is 17.9. The summed E-state index contributed by atoms with van der Waals surface area (Å²) in [5.74, 6) is -1.16. The lowest BCUT2D eigenvalue weighted by molar-refractivity contribution is -0.384. The smallest absolute Gasteiger partial charge is 0.331 e. The van der Waals surface area contributed by atoms with Crippen LogP contribution in [0.25, 0.3) is 0 Å². The highest BCUT2D eigenvalue weighted by Gasteiger charge is 2.32. The molecular formula is C16H15NO5. The zero-order chi connectivity index (χ0) is 16.3. The molecule has 1 heterocycles. The highest BCUT2D eigenvalue weighted by Crippen LogP contribution is 2.33. The third-order valence-corrected chi connectivity index (χ3v) is 3.52. The van der Waals surface area contributed by atoms with Crippen molar-refractivity contribution in [2.24, 2.45) is 0 Å². The van der Waals surface area contributed by atoms with E-state index in [1.807, 2.05) is 0 Å². The van der Waals surface area contributed by atoms with Crippen LogP contribution in [0.4, 0.5) is 5.69 Å². The number of carbonyl (C=O) groups is 2. The fourth-order valence-corrected chi connectivity index (χ4v) is 2.36. The lowest BCUT2D eigenvalue weighted by Crippen LogP contribution is -2.23. The summed E-state index contributed by atoms with van der Waals surface area (Å²) in [6.45, 7) is 5.54. The molecule has 2 rings (SSSR count). The fourth-order valence-electron chi connectivity index (χ4n) is 2.36. The molecule has 6 heteroatoms. The number of nitro benzene ring substituents is 1. The lowest BCUT2D eigenvalue weighted by Gasteiger charge is -2.23. The Morgan fingerprint density at radius 1 is 1.41 bits per heavy atom. The maximum atomic E-state index is 12.0. The monoisotopic (exact) mass is 301 g/mol. The number of rotatable bonds is 6. The minimum atomic E-state index is -0.628. The van der Waals surface area contributed by atoms with E-state index in [1.165, 1.54) is 18.2 Å². The summed E-state index contributed by atoms with van der Waals surface area (Å²) < 4.78 is 5.17. The molecule has 0 saturated heterocycles. The standard InChI is InChI=1S/C16H15NO5/c1-3-13(18)10(2)16(14-8-9-15(19)22-14)11-4-6-12(7-5-11)17(20)21/h4-9,14,16H,2-3H2,1H3/t14-,16-/m0/s1. The molecule has 6 nitrogen and oxygen atoms in total. The molecule has 0 aromatic heterocycles. The van der Waals surface area contributed by atoms with Crippen LogP contribution in [-0.4, -0.2) is 22.8 Å². The molecule has 0 N–H and O–H groups in total. The average Bonchev–Trinajstić information content (AvgIpc) is 2.93. The summed E-state index contributed by atoms with van der Waals surface area (Å²) in [5.41, 5.74) is 0.913. The number of carbonyl (C=O) groups excluding carboxylic acids is 2. The molecule has 0 bridgehead atoms. The van der Waals surface area contributed by atoms with Gasteiger partial charge in [0.25, 0.3) is 5.69 Å². The van der Waals surface area contributed by atoms with Crippen LogP contribution in [-0.2, 0) is 14.3 Å². The van der Waals surface area contributed by atoms with Gasteiger partial charge in [-0.2, -0.15) is 0 Å². The molecule has 0 unspecified atom stereocenters. The van der Waals surface area contributed by atoms with Crippen molar-refractivity contribution in [1.82, 2.24) is 0 Å². The second-order valence-electron chi connectivity index (χ2n) is 4.89. The zero-order valence-corrected chi connectivity index (χ0v) is 12.0. The number of hydrogen-bond acceptors (Lipinski definition) is 5. The zero-order valence-electron chi connectivity index (χ0n) is 12.0. The average molecular weight is 301 g/mol. The van der Waals surface area contributed by atoms with E-state index >= 15 is 0 Å². The SMILES string of the molecule is C=C(C(=O)CC)[C@@H](c1ccc([N+](=O)[O-])cc1)[C@@H]1C=CC(=O)O1. The number of benzene rings is 1. The van der Waals surface area contributed by atoms with E-state index in [4.69, 9.17) is 4.74 Å². The summed E-state index contributed by atoms with van der Waals surface area (Å²) in [5, 5.41) is 10.7. The molecule has 0 fully saturated rings. The minimum absolute atomic E-state index is 0.0473. The van der Waals surface area contributed by atoms with Crippen molar-refractivity contribution < 1.29 is 19.2 Å². The van der Waals surface area contributed by atoms with Crippen LogP contribution in [0.1, 0.15) is 24.8 Å². The van der Waals surface area contributed by atoms with Crippen molar-refractivity contribution in [3.8, 4) is 0 Å². The molecule has 1 aliphatic heterocycles. The first-order valence-electron chi connectivity index (χ1n) is 6.79. The van der Waals surface area contributed by atoms with Gasteiger partial charge in [-0.3, -0.25) is 14.9 Å². The second-order valence-corrected chi connectivity index (χ2v) is 4.89. The van der Waals surface area contributed by atoms with E-state index in [0.717, 1.165) is 0 Å². The highest BCUT2D eigenvalue weighted by molar-refractivity contribution is 5.96. The van der Waals surface area contributed by atoms with Crippen molar-refractivity contribution in [2.75, 3.05) is 0 Å². The Hall–Kier alpha value is -2.76. The quantitative estimate of drug-likeness (QED) is 0.349. The van der Waals surface area contributed by atoms with Gasteiger partial charge in [-0.25, -0.2) is 4.79 Å². The van der Waals surface area contributed by atoms with E-state index in [1.54, 1.807) is 25.1 Å². The van der Waals surface area contributed by atoms with Crippen LogP contribution in [0.15, 0.2) is 48.6 Å². The molecule has 0 spiro atoms. The fraction of sp³-hybridized carbons (Fsp3) is 0.250. The Labute approximate surface area is 127 Å². The molecule has 114 valence electrons. The maximum Gasteiger partial charge on any atom is 0.331 e. The summed E-state index contributed by atoms with van der Waals surface area (Å²) in [6, 6.07) is 5.81. The Balaban J connectivity index is 2.37. The number of non-ortho nitro benzene ring substituents is 1. The van der Waals surface area contributed by atoms with Crippen molar-refractivity contribution in [2.45, 2.75) is 25.4 Å². The first-order chi connectivity index (χ1) is 10.4. The largest absolute Gasteiger partial charge is 0.454 e. The molecule has 2 atom stereocenters. The first kappa shape index (κ1) is 15.6. The second kappa shape index (κ2) is 6.34. The molecule has 1 aromatic rings. The molecule has 1 aromatic carbocycles. The molecule has 0 radical (unpaired) electrons. The number of nitrogens with zero attached hydrogens (tertiary/aromatic N) is 1. The van der Waals surface area contributed by atoms with Gasteiger partial charge in [-0.1, -0.05) is 25.6 Å². The van der Waals surface area contributed by atoms with E-state index in [9.17, 15) is 19.7 Å². The molecule has 0 aliphatic carbocycles. The van der Waals surface area contributed by atoms with Crippen LogP contribution in [0, 0.1) is 10.1 Å². The summed E-state index contributed by atoms with van der Waals surface area (Å²) >= 11 is 0. The van der Waals surface area contributed by atoms with Crippen LogP contribution in [0.3, 0.4) is 0 Å². The Bertz CT molecular complexity index is 660. The van der Waals surface area contributed by atoms with Gasteiger partial charge in [0, 0.05) is 24.6 Å². The van der Waals surface area contributed by atoms with Gasteiger partial charge in [0.15, 0.2) is 5.78 Å². The van der Waals surface area contributed by atoms with Gasteiger partial charge in [0.1, 0.15) is 6.10 Å². The van der Waals surface area contributed by atoms with Gasteiger partial charge >= 0.3 is 5.97 Å². The predicted octanol–water partition coefficient (Wildman–Crippen LogP) is 2.70. The number of Topliss-reactive ketones (excluding diaryl/α,β-unsaturated/α-hetero) is 1. The highest BCUT2D eigenvalue weighted by atomic mass is 16.6. The summed E-state index contributed by atoms with van der Waals surface area (Å²) in [6.07, 6.45) is 2.53. The van der Waals surface area contributed by atoms with Gasteiger partial charge in [-0.15, -0.1) is 0 Å². The summed E-state index contributed by atoms with van der Waals surface area (Å²) in [7, 11) is 0. The van der Waals surface area contributed by atoms with Crippen LogP contribution in [0.2, 0.25) is 0 Å². The molecule has 22 heavy (non-hydrogen) atoms. The third-order valence-electron chi connectivity index (χ3n) is 3.52. The number of ether oxygens (including phenoxy) is 1. The molecule has 0 saturated carbocycles. The van der Waals surface area contributed by atoms with Crippen molar-refractivity contribution in [3.05, 3.63) is 64.2 Å². The topological polar surface area (TPSA) is 86.5 Å². The molecule has 0 amide bonds. The molecule has 1 aliphatic rings. The van der Waals surface area contributed by atoms with Crippen LogP contribution >= 0.6 is 0 Å².